The van der Waals surface area contributed by atoms with Crippen LogP contribution in [0.1, 0.15) is 5.56 Å². The van der Waals surface area contributed by atoms with Crippen LogP contribution >= 0.6 is 23.5 Å². The van der Waals surface area contributed by atoms with E-state index in [1.807, 2.05) is 0 Å². The Morgan fingerprint density at radius 3 is 1.68 bits per heavy atom. The molecular formula is C13H18Na3O15P3. The molecule has 1 aliphatic rings. The fraction of sp³-hybridized carbons (Fsp3) is 0.538. The summed E-state index contributed by atoms with van der Waals surface area (Å²) in [6.45, 7) is 0. The third-order valence-electron chi connectivity index (χ3n) is 4.40. The largest absolute Gasteiger partial charge is 1.00 e. The van der Waals surface area contributed by atoms with Crippen molar-refractivity contribution in [3.8, 4) is 0 Å². The number of benzene rings is 1. The number of aliphatic hydroxyl groups is 3. The molecule has 15 nitrogen and oxygen atoms in total. The van der Waals surface area contributed by atoms with Crippen LogP contribution in [0.15, 0.2) is 30.3 Å². The summed E-state index contributed by atoms with van der Waals surface area (Å²) in [6, 6.07) is 7.00. The van der Waals surface area contributed by atoms with Gasteiger partial charge in [-0.1, -0.05) is 30.3 Å². The summed E-state index contributed by atoms with van der Waals surface area (Å²) in [6.07, 6.45) is -13.9. The van der Waals surface area contributed by atoms with E-state index < -0.39 is 66.0 Å². The van der Waals surface area contributed by atoms with Gasteiger partial charge < -0.3 is 58.3 Å². The van der Waals surface area contributed by atoms with Gasteiger partial charge in [0.25, 0.3) is 23.5 Å². The predicted octanol–water partition coefficient (Wildman–Crippen LogP) is -12.8. The van der Waals surface area contributed by atoms with Crippen molar-refractivity contribution in [2.75, 3.05) is 0 Å². The Morgan fingerprint density at radius 1 is 0.794 bits per heavy atom. The quantitative estimate of drug-likeness (QED) is 0.124. The van der Waals surface area contributed by atoms with Crippen LogP contribution in [0.4, 0.5) is 0 Å². The van der Waals surface area contributed by atoms with Crippen molar-refractivity contribution in [3.63, 3.8) is 0 Å². The van der Waals surface area contributed by atoms with Crippen molar-refractivity contribution in [2.24, 2.45) is 0 Å². The van der Waals surface area contributed by atoms with Crippen LogP contribution in [-0.2, 0) is 33.7 Å². The van der Waals surface area contributed by atoms with E-state index in [-0.39, 0.29) is 94.2 Å². The molecule has 0 aliphatic heterocycles. The van der Waals surface area contributed by atoms with Crippen molar-refractivity contribution in [2.45, 2.75) is 42.5 Å². The third kappa shape index (κ3) is 10.9. The van der Waals surface area contributed by atoms with Gasteiger partial charge in [-0.25, -0.2) is 0 Å². The van der Waals surface area contributed by atoms with Gasteiger partial charge in [-0.2, -0.15) is 0 Å². The first kappa shape index (κ1) is 38.6. The van der Waals surface area contributed by atoms with Crippen LogP contribution in [0.3, 0.4) is 0 Å². The fourth-order valence-corrected chi connectivity index (χ4v) is 5.20. The SMILES string of the molecule is O=P([O-])(O)O[C@H]1[C@H](O)[C@@H](OP(=O)([O-])O)[C@](Cc2ccccc2)(OP(=O)([O-])O)[C@@H](O)[C@H]1O.[Na+].[Na+].[Na+]. The number of phosphoric acid groups is 3. The van der Waals surface area contributed by atoms with Gasteiger partial charge in [0.1, 0.15) is 36.1 Å². The van der Waals surface area contributed by atoms with Crippen LogP contribution in [-0.4, -0.2) is 66.1 Å². The van der Waals surface area contributed by atoms with Gasteiger partial charge in [-0.05, 0) is 5.56 Å². The first-order valence-corrected chi connectivity index (χ1v) is 12.7. The second-order valence-electron chi connectivity index (χ2n) is 6.64. The Labute approximate surface area is 259 Å². The average molecular weight is 576 g/mol. The zero-order valence-corrected chi connectivity index (χ0v) is 26.9. The number of aliphatic hydroxyl groups excluding tert-OH is 3. The van der Waals surface area contributed by atoms with Crippen molar-refractivity contribution < 1.29 is 161 Å². The molecule has 1 aliphatic carbocycles. The molecule has 0 spiro atoms. The Balaban J connectivity index is 0. The number of rotatable bonds is 8. The summed E-state index contributed by atoms with van der Waals surface area (Å²) in [7, 11) is -17.5. The molecule has 1 aromatic carbocycles. The number of phosphoric ester groups is 3. The molecule has 178 valence electrons. The van der Waals surface area contributed by atoms with Gasteiger partial charge in [0.15, 0.2) is 0 Å². The van der Waals surface area contributed by atoms with Crippen molar-refractivity contribution >= 4 is 23.5 Å². The van der Waals surface area contributed by atoms with E-state index in [0.717, 1.165) is 0 Å². The maximum absolute atomic E-state index is 11.5. The molecule has 6 N–H and O–H groups in total. The molecule has 1 aromatic rings. The minimum Gasteiger partial charge on any atom is -0.756 e. The molecule has 0 aromatic heterocycles. The monoisotopic (exact) mass is 576 g/mol. The Bertz CT molecular complexity index is 907. The molecule has 34 heavy (non-hydrogen) atoms. The van der Waals surface area contributed by atoms with E-state index in [1.54, 1.807) is 0 Å². The fourth-order valence-electron chi connectivity index (χ4n) is 3.35. The minimum atomic E-state index is -5.88. The normalized spacial score (nSPS) is 34.1. The molecule has 9 atom stereocenters. The molecule has 1 saturated carbocycles. The van der Waals surface area contributed by atoms with Gasteiger partial charge >= 0.3 is 88.7 Å². The van der Waals surface area contributed by atoms with Crippen LogP contribution in [0.5, 0.6) is 0 Å². The minimum absolute atomic E-state index is 0. The Morgan fingerprint density at radius 2 is 1.26 bits per heavy atom. The Kier molecular flexibility index (Phi) is 16.7. The summed E-state index contributed by atoms with van der Waals surface area (Å²) in [5, 5.41) is 31.3. The number of hydrogen-bond acceptors (Lipinski definition) is 12. The van der Waals surface area contributed by atoms with E-state index in [9.17, 15) is 48.6 Å². The maximum atomic E-state index is 11.5. The van der Waals surface area contributed by atoms with Crippen LogP contribution < -0.4 is 103 Å². The molecular weight excluding hydrogens is 558 g/mol. The first-order chi connectivity index (χ1) is 14.0. The van der Waals surface area contributed by atoms with E-state index in [2.05, 4.69) is 13.6 Å². The van der Waals surface area contributed by atoms with Crippen molar-refractivity contribution in [1.82, 2.24) is 0 Å². The summed E-state index contributed by atoms with van der Waals surface area (Å²) in [4.78, 5) is 61.2. The topological polar surface area (TPSA) is 269 Å². The maximum Gasteiger partial charge on any atom is 1.00 e. The second-order valence-corrected chi connectivity index (χ2v) is 10.1. The van der Waals surface area contributed by atoms with E-state index in [4.69, 9.17) is 9.79 Å². The van der Waals surface area contributed by atoms with Crippen LogP contribution in [0.2, 0.25) is 0 Å². The average Bonchev–Trinajstić information content (AvgIpc) is 2.59. The van der Waals surface area contributed by atoms with E-state index in [1.165, 1.54) is 30.3 Å². The zero-order valence-electron chi connectivity index (χ0n) is 18.2. The van der Waals surface area contributed by atoms with Crippen molar-refractivity contribution in [3.05, 3.63) is 35.9 Å². The molecule has 2 rings (SSSR count). The summed E-state index contributed by atoms with van der Waals surface area (Å²) < 4.78 is 46.8. The van der Waals surface area contributed by atoms with E-state index >= 15 is 0 Å². The molecule has 0 bridgehead atoms. The second kappa shape index (κ2) is 14.7. The van der Waals surface area contributed by atoms with Gasteiger partial charge in [0, 0.05) is 6.42 Å². The first-order valence-electron chi connectivity index (χ1n) is 8.22. The summed E-state index contributed by atoms with van der Waals surface area (Å²) >= 11 is 0. The molecule has 0 amide bonds. The molecule has 3 unspecified atom stereocenters. The van der Waals surface area contributed by atoms with Gasteiger partial charge in [-0.3, -0.25) is 13.7 Å². The van der Waals surface area contributed by atoms with Gasteiger partial charge in [0.2, 0.25) is 0 Å². The zero-order chi connectivity index (χ0) is 23.8. The smallest absolute Gasteiger partial charge is 0.756 e. The van der Waals surface area contributed by atoms with Crippen LogP contribution in [0, 0.1) is 0 Å². The Hall–Kier alpha value is 2.43. The van der Waals surface area contributed by atoms with Crippen molar-refractivity contribution in [1.29, 1.82) is 0 Å². The molecule has 0 radical (unpaired) electrons. The molecule has 0 saturated heterocycles. The van der Waals surface area contributed by atoms with Gasteiger partial charge in [-0.15, -0.1) is 0 Å². The molecule has 1 fully saturated rings. The molecule has 21 heteroatoms. The van der Waals surface area contributed by atoms with Gasteiger partial charge in [0.05, 0.1) is 0 Å². The standard InChI is InChI=1S/C13H21O15P3.3Na/c14-8-10(26-29(17,18)19)9(15)12(27-30(20,21)22)13(11(8)16,28-31(23,24)25)6-7-4-2-1-3-5-7;;;/h1-5,8-12,14-16H,6H2,(H2,17,18,19)(H2,20,21,22)(H2,23,24,25);;;/q;3*+1/p-3/t8-,9-,10+,11-,12+,13+;;;/m0.../s1. The van der Waals surface area contributed by atoms with Crippen LogP contribution in [0.25, 0.3) is 0 Å². The predicted molar refractivity (Wildman–Crippen MR) is 91.2 cm³/mol. The molecule has 0 heterocycles. The summed E-state index contributed by atoms with van der Waals surface area (Å²) in [5.41, 5.74) is -2.94. The summed E-state index contributed by atoms with van der Waals surface area (Å²) in [5.74, 6) is 0. The third-order valence-corrected chi connectivity index (χ3v) is 5.97. The van der Waals surface area contributed by atoms with E-state index in [0.29, 0.717) is 0 Å². The number of hydrogen-bond donors (Lipinski definition) is 6.